The fourth-order valence-electron chi connectivity index (χ4n) is 2.05. The summed E-state index contributed by atoms with van der Waals surface area (Å²) in [6.07, 6.45) is 5.86. The molecule has 0 aromatic heterocycles. The van der Waals surface area contributed by atoms with Gasteiger partial charge in [-0.25, -0.2) is 8.42 Å². The Morgan fingerprint density at radius 1 is 1.17 bits per heavy atom. The largest absolute Gasteiger partial charge is 0.317 e. The van der Waals surface area contributed by atoms with E-state index in [2.05, 4.69) is 19.2 Å². The van der Waals surface area contributed by atoms with Crippen LogP contribution in [0.3, 0.4) is 0 Å². The van der Waals surface area contributed by atoms with Crippen molar-refractivity contribution in [1.29, 1.82) is 0 Å². The Hall–Kier alpha value is -0.130. The molecule has 1 N–H and O–H groups in total. The first-order valence-corrected chi connectivity index (χ1v) is 8.93. The van der Waals surface area contributed by atoms with Gasteiger partial charge in [-0.3, -0.25) is 0 Å². The third kappa shape index (κ3) is 5.67. The molecule has 0 bridgehead atoms. The van der Waals surface area contributed by atoms with Crippen molar-refractivity contribution in [3.8, 4) is 0 Å². The lowest BCUT2D eigenvalue weighted by Crippen LogP contribution is -2.36. The van der Waals surface area contributed by atoms with Crippen molar-refractivity contribution in [3.63, 3.8) is 0 Å². The van der Waals surface area contributed by atoms with E-state index in [1.165, 1.54) is 0 Å². The number of sulfonamides is 1. The molecule has 0 unspecified atom stereocenters. The standard InChI is InChI=1S/C13H28N2O2S/c1-3-5-11-15(13-8-9-13)18(16,17)12-7-6-10-14-4-2/h13-14H,3-12H2,1-2H3. The van der Waals surface area contributed by atoms with Gasteiger partial charge in [-0.05, 0) is 45.2 Å². The van der Waals surface area contributed by atoms with Crippen LogP contribution in [-0.4, -0.2) is 44.2 Å². The van der Waals surface area contributed by atoms with Crippen LogP contribution in [0.5, 0.6) is 0 Å². The highest BCUT2D eigenvalue weighted by Crippen LogP contribution is 2.30. The van der Waals surface area contributed by atoms with E-state index < -0.39 is 10.0 Å². The number of nitrogens with one attached hydrogen (secondary N) is 1. The Bertz CT molecular complexity index is 313. The maximum Gasteiger partial charge on any atom is 0.214 e. The predicted molar refractivity (Wildman–Crippen MR) is 76.2 cm³/mol. The van der Waals surface area contributed by atoms with E-state index in [1.54, 1.807) is 4.31 Å². The molecule has 0 saturated heterocycles. The fraction of sp³-hybridized carbons (Fsp3) is 1.00. The summed E-state index contributed by atoms with van der Waals surface area (Å²) >= 11 is 0. The van der Waals surface area contributed by atoms with Crippen molar-refractivity contribution in [3.05, 3.63) is 0 Å². The topological polar surface area (TPSA) is 49.4 Å². The number of unbranched alkanes of at least 4 members (excludes halogenated alkanes) is 2. The van der Waals surface area contributed by atoms with Crippen LogP contribution in [0.4, 0.5) is 0 Å². The first-order valence-electron chi connectivity index (χ1n) is 7.32. The Balaban J connectivity index is 2.33. The average Bonchev–Trinajstić information content (AvgIpc) is 3.13. The lowest BCUT2D eigenvalue weighted by Gasteiger charge is -2.21. The zero-order chi connectivity index (χ0) is 13.4. The van der Waals surface area contributed by atoms with E-state index >= 15 is 0 Å². The molecule has 0 aromatic carbocycles. The molecule has 1 aliphatic carbocycles. The molecule has 0 spiro atoms. The molecule has 0 amide bonds. The highest BCUT2D eigenvalue weighted by Gasteiger charge is 2.36. The third-order valence-electron chi connectivity index (χ3n) is 3.30. The normalized spacial score (nSPS) is 16.4. The van der Waals surface area contributed by atoms with Crippen molar-refractivity contribution >= 4 is 10.0 Å². The molecule has 1 saturated carbocycles. The van der Waals surface area contributed by atoms with Crippen LogP contribution >= 0.6 is 0 Å². The number of hydrogen-bond donors (Lipinski definition) is 1. The molecule has 108 valence electrons. The second kappa shape index (κ2) is 8.12. The molecule has 5 heteroatoms. The van der Waals surface area contributed by atoms with Gasteiger partial charge in [-0.2, -0.15) is 4.31 Å². The third-order valence-corrected chi connectivity index (χ3v) is 5.30. The van der Waals surface area contributed by atoms with Crippen LogP contribution in [0.2, 0.25) is 0 Å². The summed E-state index contributed by atoms with van der Waals surface area (Å²) in [7, 11) is -3.01. The minimum Gasteiger partial charge on any atom is -0.317 e. The monoisotopic (exact) mass is 276 g/mol. The van der Waals surface area contributed by atoms with Crippen molar-refractivity contribution in [2.75, 3.05) is 25.4 Å². The van der Waals surface area contributed by atoms with E-state index in [0.29, 0.717) is 11.8 Å². The van der Waals surface area contributed by atoms with Crippen molar-refractivity contribution in [2.24, 2.45) is 0 Å². The van der Waals surface area contributed by atoms with Gasteiger partial charge in [0.25, 0.3) is 0 Å². The molecule has 4 nitrogen and oxygen atoms in total. The van der Waals surface area contributed by atoms with Crippen LogP contribution in [0.1, 0.15) is 52.4 Å². The van der Waals surface area contributed by atoms with E-state index in [4.69, 9.17) is 0 Å². The van der Waals surface area contributed by atoms with E-state index in [9.17, 15) is 8.42 Å². The molecule has 1 aliphatic rings. The summed E-state index contributed by atoms with van der Waals surface area (Å²) in [4.78, 5) is 0. The molecule has 1 rings (SSSR count). The van der Waals surface area contributed by atoms with Crippen molar-refractivity contribution in [1.82, 2.24) is 9.62 Å². The maximum absolute atomic E-state index is 12.3. The van der Waals surface area contributed by atoms with Crippen LogP contribution in [-0.2, 0) is 10.0 Å². The molecule has 0 aromatic rings. The van der Waals surface area contributed by atoms with Gasteiger partial charge in [0.05, 0.1) is 5.75 Å². The zero-order valence-electron chi connectivity index (χ0n) is 11.8. The molecule has 0 atom stereocenters. The Morgan fingerprint density at radius 2 is 1.89 bits per heavy atom. The minimum atomic E-state index is -3.01. The summed E-state index contributed by atoms with van der Waals surface area (Å²) in [6.45, 7) is 6.77. The SMILES string of the molecule is CCCCN(C1CC1)S(=O)(=O)CCCCNCC. The quantitative estimate of drug-likeness (QED) is 0.587. The first kappa shape index (κ1) is 15.9. The van der Waals surface area contributed by atoms with Gasteiger partial charge in [0.1, 0.15) is 0 Å². The second-order valence-electron chi connectivity index (χ2n) is 5.07. The molecule has 18 heavy (non-hydrogen) atoms. The number of hydrogen-bond acceptors (Lipinski definition) is 3. The summed E-state index contributed by atoms with van der Waals surface area (Å²) in [5, 5.41) is 3.22. The van der Waals surface area contributed by atoms with Gasteiger partial charge in [0.2, 0.25) is 10.0 Å². The Labute approximate surface area is 112 Å². The first-order chi connectivity index (χ1) is 8.61. The summed E-state index contributed by atoms with van der Waals surface area (Å²) < 4.78 is 26.3. The zero-order valence-corrected chi connectivity index (χ0v) is 12.6. The van der Waals surface area contributed by atoms with E-state index in [-0.39, 0.29) is 0 Å². The molecular weight excluding hydrogens is 248 g/mol. The van der Waals surface area contributed by atoms with Crippen LogP contribution in [0.25, 0.3) is 0 Å². The second-order valence-corrected chi connectivity index (χ2v) is 7.11. The summed E-state index contributed by atoms with van der Waals surface area (Å²) in [6, 6.07) is 0.315. The van der Waals surface area contributed by atoms with Gasteiger partial charge in [0, 0.05) is 12.6 Å². The van der Waals surface area contributed by atoms with Gasteiger partial charge in [-0.15, -0.1) is 0 Å². The van der Waals surface area contributed by atoms with E-state index in [1.807, 2.05) is 0 Å². The summed E-state index contributed by atoms with van der Waals surface area (Å²) in [5.74, 6) is 0.318. The lowest BCUT2D eigenvalue weighted by molar-refractivity contribution is 0.394. The molecular formula is C13H28N2O2S. The van der Waals surface area contributed by atoms with Crippen LogP contribution in [0, 0.1) is 0 Å². The minimum absolute atomic E-state index is 0.315. The highest BCUT2D eigenvalue weighted by molar-refractivity contribution is 7.89. The fourth-order valence-corrected chi connectivity index (χ4v) is 3.93. The van der Waals surface area contributed by atoms with Gasteiger partial charge < -0.3 is 5.32 Å². The van der Waals surface area contributed by atoms with Crippen LogP contribution < -0.4 is 5.32 Å². The number of nitrogens with zero attached hydrogens (tertiary/aromatic N) is 1. The van der Waals surface area contributed by atoms with Gasteiger partial charge in [-0.1, -0.05) is 20.3 Å². The van der Waals surface area contributed by atoms with Crippen molar-refractivity contribution < 1.29 is 8.42 Å². The predicted octanol–water partition coefficient (Wildman–Crippen LogP) is 1.97. The Kier molecular flexibility index (Phi) is 7.19. The number of rotatable bonds is 11. The lowest BCUT2D eigenvalue weighted by atomic mass is 10.3. The van der Waals surface area contributed by atoms with Gasteiger partial charge in [0.15, 0.2) is 0 Å². The smallest absolute Gasteiger partial charge is 0.214 e. The van der Waals surface area contributed by atoms with E-state index in [0.717, 1.165) is 58.2 Å². The summed E-state index contributed by atoms with van der Waals surface area (Å²) in [5.41, 5.74) is 0. The van der Waals surface area contributed by atoms with Gasteiger partial charge >= 0.3 is 0 Å². The highest BCUT2D eigenvalue weighted by atomic mass is 32.2. The Morgan fingerprint density at radius 3 is 2.44 bits per heavy atom. The average molecular weight is 276 g/mol. The maximum atomic E-state index is 12.3. The molecule has 0 radical (unpaired) electrons. The van der Waals surface area contributed by atoms with Crippen molar-refractivity contribution in [2.45, 2.75) is 58.4 Å². The molecule has 1 fully saturated rings. The molecule has 0 heterocycles. The van der Waals surface area contributed by atoms with Crippen LogP contribution in [0.15, 0.2) is 0 Å². The molecule has 0 aliphatic heterocycles.